The average molecular weight is 438 g/mol. The largest absolute Gasteiger partial charge is 0.486 e. The van der Waals surface area contributed by atoms with E-state index < -0.39 is 0 Å². The highest BCUT2D eigenvalue weighted by Crippen LogP contribution is 2.35. The molecule has 3 heterocycles. The predicted molar refractivity (Wildman–Crippen MR) is 120 cm³/mol. The van der Waals surface area contributed by atoms with Gasteiger partial charge in [-0.05, 0) is 62.1 Å². The summed E-state index contributed by atoms with van der Waals surface area (Å²) in [6, 6.07) is 9.45. The van der Waals surface area contributed by atoms with E-state index in [0.717, 1.165) is 28.1 Å². The molecule has 0 fully saturated rings. The number of halogens is 1. The molecule has 6 nitrogen and oxygen atoms in total. The van der Waals surface area contributed by atoms with Crippen LogP contribution in [0.5, 0.6) is 5.75 Å². The molecule has 2 aromatic heterocycles. The number of fused-ring (bicyclic) bond motifs is 1. The summed E-state index contributed by atoms with van der Waals surface area (Å²) in [6.07, 6.45) is 2.39. The maximum absolute atomic E-state index is 13.3. The first-order valence-corrected chi connectivity index (χ1v) is 10.6. The van der Waals surface area contributed by atoms with Gasteiger partial charge >= 0.3 is 0 Å². The van der Waals surface area contributed by atoms with Crippen LogP contribution in [0.15, 0.2) is 41.3 Å². The van der Waals surface area contributed by atoms with Gasteiger partial charge in [-0.25, -0.2) is 0 Å². The lowest BCUT2D eigenvalue weighted by Crippen LogP contribution is -2.39. The number of pyridine rings is 2. The Kier molecular flexibility index (Phi) is 5.83. The van der Waals surface area contributed by atoms with Crippen LogP contribution in [-0.4, -0.2) is 27.3 Å². The fraction of sp³-hybridized carbons (Fsp3) is 0.292. The van der Waals surface area contributed by atoms with Crippen LogP contribution in [0.25, 0.3) is 0 Å². The van der Waals surface area contributed by atoms with E-state index in [-0.39, 0.29) is 24.6 Å². The van der Waals surface area contributed by atoms with E-state index >= 15 is 0 Å². The monoisotopic (exact) mass is 437 g/mol. The van der Waals surface area contributed by atoms with Crippen LogP contribution in [0.4, 0.5) is 0 Å². The molecule has 31 heavy (non-hydrogen) atoms. The molecule has 4 rings (SSSR count). The molecule has 0 saturated heterocycles. The molecule has 3 aromatic rings. The van der Waals surface area contributed by atoms with E-state index in [1.54, 1.807) is 17.2 Å². The van der Waals surface area contributed by atoms with Gasteiger partial charge in [-0.1, -0.05) is 23.7 Å². The number of H-pyrrole nitrogens is 1. The molecule has 1 aromatic carbocycles. The van der Waals surface area contributed by atoms with Gasteiger partial charge in [-0.2, -0.15) is 0 Å². The molecule has 0 aliphatic carbocycles. The molecule has 1 aliphatic rings. The molecule has 7 heteroatoms. The minimum absolute atomic E-state index is 0.162. The fourth-order valence-corrected chi connectivity index (χ4v) is 4.22. The van der Waals surface area contributed by atoms with Gasteiger partial charge in [0.15, 0.2) is 0 Å². The fourth-order valence-electron chi connectivity index (χ4n) is 3.90. The van der Waals surface area contributed by atoms with Crippen molar-refractivity contribution in [3.8, 4) is 5.75 Å². The van der Waals surface area contributed by atoms with Crippen LogP contribution < -0.4 is 10.3 Å². The quantitative estimate of drug-likeness (QED) is 0.651. The molecule has 0 spiro atoms. The highest BCUT2D eigenvalue weighted by atomic mass is 35.5. The Hall–Kier alpha value is -3.12. The summed E-state index contributed by atoms with van der Waals surface area (Å²) in [6.45, 7) is 6.74. The van der Waals surface area contributed by atoms with Gasteiger partial charge in [0.25, 0.3) is 11.5 Å². The van der Waals surface area contributed by atoms with Crippen molar-refractivity contribution in [3.05, 3.63) is 91.1 Å². The lowest BCUT2D eigenvalue weighted by molar-refractivity contribution is 0.0725. The SMILES string of the molecule is Cc1cc(C)c(CN2CCc3ccc(OCc4ncccc4C)c(Cl)c3C2=O)c(=O)[nH]1. The zero-order valence-corrected chi connectivity index (χ0v) is 18.5. The Morgan fingerprint density at radius 2 is 1.97 bits per heavy atom. The summed E-state index contributed by atoms with van der Waals surface area (Å²) in [5.74, 6) is 0.259. The number of aromatic amines is 1. The van der Waals surface area contributed by atoms with Crippen molar-refractivity contribution in [2.45, 2.75) is 40.3 Å². The maximum Gasteiger partial charge on any atom is 0.256 e. The summed E-state index contributed by atoms with van der Waals surface area (Å²) < 4.78 is 5.90. The Morgan fingerprint density at radius 1 is 1.16 bits per heavy atom. The van der Waals surface area contributed by atoms with Gasteiger partial charge in [0.1, 0.15) is 12.4 Å². The molecule has 1 aliphatic heterocycles. The molecule has 0 unspecified atom stereocenters. The van der Waals surface area contributed by atoms with Gasteiger partial charge in [-0.3, -0.25) is 14.6 Å². The highest BCUT2D eigenvalue weighted by molar-refractivity contribution is 6.35. The number of hydrogen-bond acceptors (Lipinski definition) is 4. The Bertz CT molecular complexity index is 1220. The topological polar surface area (TPSA) is 75.3 Å². The van der Waals surface area contributed by atoms with E-state index in [1.165, 1.54) is 0 Å². The number of nitrogens with one attached hydrogen (secondary N) is 1. The molecule has 0 bridgehead atoms. The second-order valence-electron chi connectivity index (χ2n) is 7.89. The van der Waals surface area contributed by atoms with Crippen molar-refractivity contribution in [2.75, 3.05) is 6.54 Å². The zero-order valence-electron chi connectivity index (χ0n) is 17.8. The van der Waals surface area contributed by atoms with Crippen LogP contribution in [0, 0.1) is 20.8 Å². The van der Waals surface area contributed by atoms with Crippen LogP contribution in [0.1, 0.15) is 44.0 Å². The number of hydrogen-bond donors (Lipinski definition) is 1. The molecule has 1 amide bonds. The minimum atomic E-state index is -0.190. The van der Waals surface area contributed by atoms with Crippen LogP contribution in [-0.2, 0) is 19.6 Å². The van der Waals surface area contributed by atoms with Crippen LogP contribution in [0.2, 0.25) is 5.02 Å². The lowest BCUT2D eigenvalue weighted by Gasteiger charge is -2.30. The minimum Gasteiger partial charge on any atom is -0.486 e. The molecule has 1 N–H and O–H groups in total. The third-order valence-corrected chi connectivity index (χ3v) is 6.05. The van der Waals surface area contributed by atoms with E-state index in [2.05, 4.69) is 9.97 Å². The molecule has 160 valence electrons. The number of nitrogens with zero attached hydrogens (tertiary/aromatic N) is 2. The van der Waals surface area contributed by atoms with Crippen molar-refractivity contribution in [1.82, 2.24) is 14.9 Å². The molecule has 0 radical (unpaired) electrons. The summed E-state index contributed by atoms with van der Waals surface area (Å²) >= 11 is 6.62. The Balaban J connectivity index is 1.59. The predicted octanol–water partition coefficient (Wildman–Crippen LogP) is 4.13. The van der Waals surface area contributed by atoms with E-state index in [0.29, 0.717) is 34.9 Å². The number of ether oxygens (including phenoxy) is 1. The van der Waals surface area contributed by atoms with Crippen molar-refractivity contribution in [3.63, 3.8) is 0 Å². The van der Waals surface area contributed by atoms with Gasteiger partial charge in [-0.15, -0.1) is 0 Å². The molecular weight excluding hydrogens is 414 g/mol. The lowest BCUT2D eigenvalue weighted by atomic mass is 9.97. The maximum atomic E-state index is 13.3. The normalized spacial score (nSPS) is 13.3. The number of rotatable bonds is 5. The first-order valence-electron chi connectivity index (χ1n) is 10.2. The number of carbonyl (C=O) groups excluding carboxylic acids is 1. The molecule has 0 saturated carbocycles. The number of benzene rings is 1. The third-order valence-electron chi connectivity index (χ3n) is 5.67. The van der Waals surface area contributed by atoms with Crippen molar-refractivity contribution in [1.29, 1.82) is 0 Å². The first kappa shape index (κ1) is 21.1. The van der Waals surface area contributed by atoms with Crippen LogP contribution in [0.3, 0.4) is 0 Å². The Labute approximate surface area is 185 Å². The first-order chi connectivity index (χ1) is 14.8. The van der Waals surface area contributed by atoms with E-state index in [4.69, 9.17) is 16.3 Å². The summed E-state index contributed by atoms with van der Waals surface area (Å²) in [7, 11) is 0. The van der Waals surface area contributed by atoms with Gasteiger partial charge in [0.05, 0.1) is 22.8 Å². The number of carbonyl (C=O) groups is 1. The summed E-state index contributed by atoms with van der Waals surface area (Å²) in [4.78, 5) is 34.5. The summed E-state index contributed by atoms with van der Waals surface area (Å²) in [5, 5.41) is 0.301. The standard InChI is InChI=1S/C24H24ClN3O3/c1-14-5-4-9-26-19(14)13-31-20-7-6-17-8-10-28(24(30)21(17)22(20)25)12-18-15(2)11-16(3)27-23(18)29/h4-7,9,11H,8,10,12-13H2,1-3H3,(H,27,29). The van der Waals surface area contributed by atoms with Crippen molar-refractivity contribution >= 4 is 17.5 Å². The molecule has 0 atom stereocenters. The Morgan fingerprint density at radius 3 is 2.71 bits per heavy atom. The molecular formula is C24H24ClN3O3. The van der Waals surface area contributed by atoms with Crippen LogP contribution >= 0.6 is 11.6 Å². The van der Waals surface area contributed by atoms with Crippen molar-refractivity contribution < 1.29 is 9.53 Å². The number of amides is 1. The average Bonchev–Trinajstić information content (AvgIpc) is 2.72. The van der Waals surface area contributed by atoms with Crippen molar-refractivity contribution in [2.24, 2.45) is 0 Å². The van der Waals surface area contributed by atoms with Gasteiger partial charge < -0.3 is 14.6 Å². The second-order valence-corrected chi connectivity index (χ2v) is 8.27. The highest BCUT2D eigenvalue weighted by Gasteiger charge is 2.29. The van der Waals surface area contributed by atoms with E-state index in [9.17, 15) is 9.59 Å². The third kappa shape index (κ3) is 4.21. The van der Waals surface area contributed by atoms with Gasteiger partial charge in [0, 0.05) is 24.0 Å². The van der Waals surface area contributed by atoms with Gasteiger partial charge in [0.2, 0.25) is 0 Å². The second kappa shape index (κ2) is 8.55. The smallest absolute Gasteiger partial charge is 0.256 e. The zero-order chi connectivity index (χ0) is 22.1. The summed E-state index contributed by atoms with van der Waals surface area (Å²) in [5.41, 5.74) is 5.28. The number of aryl methyl sites for hydroxylation is 3. The number of aromatic nitrogens is 2. The van der Waals surface area contributed by atoms with E-state index in [1.807, 2.05) is 45.0 Å².